The van der Waals surface area contributed by atoms with E-state index in [0.717, 1.165) is 22.9 Å². The predicted octanol–water partition coefficient (Wildman–Crippen LogP) is 4.09. The fourth-order valence-corrected chi connectivity index (χ4v) is 3.40. The zero-order valence-electron chi connectivity index (χ0n) is 16.0. The molecule has 29 heavy (non-hydrogen) atoms. The molecule has 1 N–H and O–H groups in total. The van der Waals surface area contributed by atoms with Crippen LogP contribution < -0.4 is 0 Å². The number of nitrogens with one attached hydrogen (secondary N) is 1. The summed E-state index contributed by atoms with van der Waals surface area (Å²) in [6.45, 7) is 2.69. The Labute approximate surface area is 168 Å². The van der Waals surface area contributed by atoms with Gasteiger partial charge in [-0.05, 0) is 12.0 Å². The second-order valence-corrected chi connectivity index (χ2v) is 6.66. The van der Waals surface area contributed by atoms with Crippen LogP contribution in [0.15, 0.2) is 66.7 Å². The molecule has 1 unspecified atom stereocenters. The van der Waals surface area contributed by atoms with Crippen molar-refractivity contribution in [2.75, 3.05) is 13.2 Å². The zero-order chi connectivity index (χ0) is 20.2. The summed E-state index contributed by atoms with van der Waals surface area (Å²) in [5.74, 6) is -1.08. The number of ether oxygens (including phenoxy) is 3. The highest BCUT2D eigenvalue weighted by molar-refractivity contribution is 6.11. The first-order chi connectivity index (χ1) is 14.2. The molecule has 2 aromatic carbocycles. The molecule has 0 amide bonds. The van der Waals surface area contributed by atoms with Gasteiger partial charge in [-0.25, -0.2) is 4.79 Å². The lowest BCUT2D eigenvalue weighted by Gasteiger charge is -2.19. The number of hydrogen-bond donors (Lipinski definition) is 1. The molecule has 6 nitrogen and oxygen atoms in total. The molecule has 0 radical (unpaired) electrons. The number of H-pyrrole nitrogens is 1. The summed E-state index contributed by atoms with van der Waals surface area (Å²) in [6.07, 6.45) is 2.64. The van der Waals surface area contributed by atoms with E-state index in [1.165, 1.54) is 6.26 Å². The fourth-order valence-electron chi connectivity index (χ4n) is 3.40. The SMILES string of the molecule is CCc1cccc2c(C(=O)C(OC(=O)C3=COCCO3)c3ccccc3)c[nH]c12. The summed E-state index contributed by atoms with van der Waals surface area (Å²) in [5.41, 5.74) is 3.10. The van der Waals surface area contributed by atoms with Gasteiger partial charge in [-0.1, -0.05) is 55.5 Å². The van der Waals surface area contributed by atoms with Crippen LogP contribution in [0.3, 0.4) is 0 Å². The smallest absolute Gasteiger partial charge is 0.377 e. The highest BCUT2D eigenvalue weighted by Gasteiger charge is 2.30. The maximum absolute atomic E-state index is 13.4. The number of aromatic nitrogens is 1. The number of benzene rings is 2. The largest absolute Gasteiger partial charge is 0.493 e. The monoisotopic (exact) mass is 391 g/mol. The third kappa shape index (κ3) is 3.74. The molecule has 1 aliphatic rings. The Kier molecular flexibility index (Phi) is 5.33. The minimum atomic E-state index is -1.10. The number of fused-ring (bicyclic) bond motifs is 1. The number of rotatable bonds is 6. The molecule has 148 valence electrons. The fraction of sp³-hybridized carbons (Fsp3) is 0.217. The molecule has 4 rings (SSSR count). The number of Topliss-reactive ketones (excluding diaryl/α,β-unsaturated/α-hetero) is 1. The summed E-state index contributed by atoms with van der Waals surface area (Å²) in [6, 6.07) is 14.8. The van der Waals surface area contributed by atoms with E-state index in [0.29, 0.717) is 17.7 Å². The average molecular weight is 391 g/mol. The van der Waals surface area contributed by atoms with Crippen molar-refractivity contribution >= 4 is 22.7 Å². The number of para-hydroxylation sites is 1. The summed E-state index contributed by atoms with van der Waals surface area (Å²) >= 11 is 0. The normalized spacial score (nSPS) is 14.4. The quantitative estimate of drug-likeness (QED) is 0.506. The van der Waals surface area contributed by atoms with Gasteiger partial charge in [0.1, 0.15) is 19.5 Å². The minimum absolute atomic E-state index is 0.0443. The van der Waals surface area contributed by atoms with E-state index in [2.05, 4.69) is 11.9 Å². The molecular formula is C23H21NO5. The van der Waals surface area contributed by atoms with Crippen LogP contribution in [-0.2, 0) is 25.4 Å². The van der Waals surface area contributed by atoms with E-state index in [4.69, 9.17) is 14.2 Å². The first-order valence-corrected chi connectivity index (χ1v) is 9.52. The third-order valence-electron chi connectivity index (χ3n) is 4.86. The first-order valence-electron chi connectivity index (χ1n) is 9.52. The Morgan fingerprint density at radius 1 is 1.10 bits per heavy atom. The van der Waals surface area contributed by atoms with Gasteiger partial charge in [0.25, 0.3) is 0 Å². The van der Waals surface area contributed by atoms with Crippen LogP contribution >= 0.6 is 0 Å². The highest BCUT2D eigenvalue weighted by Crippen LogP contribution is 2.29. The Morgan fingerprint density at radius 2 is 1.93 bits per heavy atom. The van der Waals surface area contributed by atoms with Crippen LogP contribution in [0.1, 0.15) is 34.5 Å². The van der Waals surface area contributed by atoms with Crippen LogP contribution in [0.2, 0.25) is 0 Å². The number of aryl methyl sites for hydroxylation is 1. The minimum Gasteiger partial charge on any atom is -0.493 e. The maximum atomic E-state index is 13.4. The maximum Gasteiger partial charge on any atom is 0.377 e. The number of aromatic amines is 1. The molecule has 0 saturated heterocycles. The highest BCUT2D eigenvalue weighted by atomic mass is 16.6. The van der Waals surface area contributed by atoms with Gasteiger partial charge in [0, 0.05) is 28.2 Å². The van der Waals surface area contributed by atoms with Gasteiger partial charge in [0.15, 0.2) is 6.10 Å². The van der Waals surface area contributed by atoms with Crippen molar-refractivity contribution < 1.29 is 23.8 Å². The molecule has 1 aliphatic heterocycles. The summed E-state index contributed by atoms with van der Waals surface area (Å²) in [5, 5.41) is 0.808. The lowest BCUT2D eigenvalue weighted by molar-refractivity contribution is -0.148. The van der Waals surface area contributed by atoms with Crippen LogP contribution in [0, 0.1) is 0 Å². The van der Waals surface area contributed by atoms with Gasteiger partial charge in [0.05, 0.1) is 0 Å². The third-order valence-corrected chi connectivity index (χ3v) is 4.86. The standard InChI is InChI=1S/C23H21NO5/c1-2-15-9-6-10-17-18(13-24-20(15)17)21(25)22(16-7-4-3-5-8-16)29-23(26)19-14-27-11-12-28-19/h3-10,13-14,22,24H,2,11-12H2,1H3. The van der Waals surface area contributed by atoms with Gasteiger partial charge < -0.3 is 19.2 Å². The molecule has 1 aromatic heterocycles. The van der Waals surface area contributed by atoms with Crippen molar-refractivity contribution in [3.8, 4) is 0 Å². The van der Waals surface area contributed by atoms with Crippen molar-refractivity contribution in [3.05, 3.63) is 83.4 Å². The van der Waals surface area contributed by atoms with Crippen LogP contribution in [0.25, 0.3) is 10.9 Å². The second-order valence-electron chi connectivity index (χ2n) is 6.66. The van der Waals surface area contributed by atoms with E-state index in [1.54, 1.807) is 30.5 Å². The van der Waals surface area contributed by atoms with Gasteiger partial charge in [0.2, 0.25) is 11.5 Å². The van der Waals surface area contributed by atoms with Gasteiger partial charge >= 0.3 is 5.97 Å². The molecule has 1 atom stereocenters. The molecule has 0 spiro atoms. The topological polar surface area (TPSA) is 77.6 Å². The number of carbonyl (C=O) groups excluding carboxylic acids is 2. The van der Waals surface area contributed by atoms with Gasteiger partial charge in [-0.3, -0.25) is 4.79 Å². The molecule has 3 aromatic rings. The molecule has 6 heteroatoms. The van der Waals surface area contributed by atoms with Crippen molar-refractivity contribution in [3.63, 3.8) is 0 Å². The van der Waals surface area contributed by atoms with E-state index >= 15 is 0 Å². The van der Waals surface area contributed by atoms with E-state index in [-0.39, 0.29) is 18.1 Å². The van der Waals surface area contributed by atoms with Gasteiger partial charge in [-0.2, -0.15) is 0 Å². The summed E-state index contributed by atoms with van der Waals surface area (Å²) in [4.78, 5) is 29.2. The lowest BCUT2D eigenvalue weighted by atomic mass is 9.98. The molecular weight excluding hydrogens is 370 g/mol. The van der Waals surface area contributed by atoms with E-state index in [9.17, 15) is 9.59 Å². The molecule has 0 bridgehead atoms. The van der Waals surface area contributed by atoms with Crippen LogP contribution in [0.5, 0.6) is 0 Å². The molecule has 0 aliphatic carbocycles. The average Bonchev–Trinajstić information content (AvgIpc) is 3.22. The number of esters is 1. The lowest BCUT2D eigenvalue weighted by Crippen LogP contribution is -2.23. The van der Waals surface area contributed by atoms with Crippen molar-refractivity contribution in [1.29, 1.82) is 0 Å². The predicted molar refractivity (Wildman–Crippen MR) is 107 cm³/mol. The summed E-state index contributed by atoms with van der Waals surface area (Å²) in [7, 11) is 0. The molecule has 0 saturated carbocycles. The van der Waals surface area contributed by atoms with Crippen molar-refractivity contribution in [2.24, 2.45) is 0 Å². The van der Waals surface area contributed by atoms with Crippen molar-refractivity contribution in [1.82, 2.24) is 4.98 Å². The number of ketones is 1. The first kappa shape index (κ1) is 18.8. The zero-order valence-corrected chi connectivity index (χ0v) is 16.0. The van der Waals surface area contributed by atoms with E-state index < -0.39 is 12.1 Å². The van der Waals surface area contributed by atoms with Crippen LogP contribution in [0.4, 0.5) is 0 Å². The Hall–Kier alpha value is -3.54. The van der Waals surface area contributed by atoms with E-state index in [1.807, 2.05) is 24.3 Å². The molecule has 0 fully saturated rings. The molecule has 2 heterocycles. The Bertz CT molecular complexity index is 1070. The number of carbonyl (C=O) groups is 2. The van der Waals surface area contributed by atoms with Crippen molar-refractivity contribution in [2.45, 2.75) is 19.4 Å². The van der Waals surface area contributed by atoms with Crippen LogP contribution in [-0.4, -0.2) is 30.0 Å². The summed E-state index contributed by atoms with van der Waals surface area (Å²) < 4.78 is 16.0. The Morgan fingerprint density at radius 3 is 2.66 bits per heavy atom. The second kappa shape index (κ2) is 8.22. The number of hydrogen-bond acceptors (Lipinski definition) is 5. The Balaban J connectivity index is 1.71. The van der Waals surface area contributed by atoms with Gasteiger partial charge in [-0.15, -0.1) is 0 Å².